The highest BCUT2D eigenvalue weighted by Crippen LogP contribution is 2.35. The third-order valence-electron chi connectivity index (χ3n) is 3.75. The number of amides is 2. The van der Waals surface area contributed by atoms with Crippen molar-refractivity contribution in [3.63, 3.8) is 0 Å². The van der Waals surface area contributed by atoms with E-state index in [1.807, 2.05) is 0 Å². The maximum atomic E-state index is 12.5. The minimum atomic E-state index is -0.281. The Hall–Kier alpha value is -0.870. The summed E-state index contributed by atoms with van der Waals surface area (Å²) in [5.74, 6) is -0.199. The zero-order valence-electron chi connectivity index (χ0n) is 11.7. The number of rotatable bonds is 1. The quantitative estimate of drug-likeness (QED) is 0.708. The van der Waals surface area contributed by atoms with Crippen molar-refractivity contribution in [2.45, 2.75) is 27.2 Å². The smallest absolute Gasteiger partial charge is 0.261 e. The first-order valence-electron chi connectivity index (χ1n) is 6.50. The summed E-state index contributed by atoms with van der Waals surface area (Å²) in [7, 11) is 0. The lowest BCUT2D eigenvalue weighted by atomic mass is 9.80. The summed E-state index contributed by atoms with van der Waals surface area (Å²) in [5, 5.41) is 0.482. The van der Waals surface area contributed by atoms with E-state index in [1.54, 1.807) is 18.2 Å². The second-order valence-corrected chi connectivity index (χ2v) is 7.49. The van der Waals surface area contributed by atoms with E-state index in [-0.39, 0.29) is 23.1 Å². The molecule has 0 aromatic heterocycles. The molecule has 0 spiro atoms. The maximum Gasteiger partial charge on any atom is 0.261 e. The minimum Gasteiger partial charge on any atom is -0.278 e. The highest BCUT2D eigenvalue weighted by molar-refractivity contribution is 9.10. The minimum absolute atomic E-state index is 0.0102. The molecule has 1 aliphatic rings. The zero-order valence-corrected chi connectivity index (χ0v) is 14.1. The molecular weight excluding hydrogens is 342 g/mol. The average Bonchev–Trinajstić information content (AvgIpc) is 2.73. The number of nitrogens with zero attached hydrogens (tertiary/aromatic N) is 1. The van der Waals surface area contributed by atoms with Crippen LogP contribution in [0.25, 0.3) is 0 Å². The molecule has 20 heavy (non-hydrogen) atoms. The number of imide groups is 1. The molecule has 3 nitrogen and oxygen atoms in total. The van der Waals surface area contributed by atoms with Crippen molar-refractivity contribution in [3.05, 3.63) is 33.3 Å². The molecule has 5 heteroatoms. The van der Waals surface area contributed by atoms with E-state index in [2.05, 4.69) is 36.7 Å². The van der Waals surface area contributed by atoms with Crippen LogP contribution in [-0.2, 0) is 4.79 Å². The third-order valence-corrected chi connectivity index (χ3v) is 4.68. The second-order valence-electron chi connectivity index (χ2n) is 6.20. The van der Waals surface area contributed by atoms with Crippen LogP contribution in [0.15, 0.2) is 22.7 Å². The van der Waals surface area contributed by atoms with Gasteiger partial charge < -0.3 is 0 Å². The van der Waals surface area contributed by atoms with E-state index in [9.17, 15) is 9.59 Å². The molecule has 2 amide bonds. The van der Waals surface area contributed by atoms with Crippen molar-refractivity contribution in [1.29, 1.82) is 0 Å². The van der Waals surface area contributed by atoms with E-state index in [0.29, 0.717) is 28.0 Å². The summed E-state index contributed by atoms with van der Waals surface area (Å²) in [5.41, 5.74) is 0.441. The lowest BCUT2D eigenvalue weighted by molar-refractivity contribution is -0.125. The van der Waals surface area contributed by atoms with E-state index in [0.717, 1.165) is 0 Å². The molecule has 1 aromatic rings. The molecule has 0 radical (unpaired) electrons. The van der Waals surface area contributed by atoms with Crippen LogP contribution in [0.2, 0.25) is 5.02 Å². The van der Waals surface area contributed by atoms with Gasteiger partial charge in [0.15, 0.2) is 0 Å². The predicted octanol–water partition coefficient (Wildman–Crippen LogP) is 4.14. The Kier molecular flexibility index (Phi) is 4.26. The Bertz CT molecular complexity index is 565. The molecule has 0 N–H and O–H groups in total. The standard InChI is InChI=1S/C15H17BrClNO2/c1-15(2,3)9-6-13(19)18(8-9)14(20)11-7-10(17)4-5-12(11)16/h4-5,7,9H,6,8H2,1-3H3. The van der Waals surface area contributed by atoms with Crippen molar-refractivity contribution in [2.75, 3.05) is 6.54 Å². The average molecular weight is 359 g/mol. The molecule has 1 aliphatic heterocycles. The highest BCUT2D eigenvalue weighted by Gasteiger charge is 2.40. The molecular formula is C15H17BrClNO2. The van der Waals surface area contributed by atoms with Crippen molar-refractivity contribution >= 4 is 39.3 Å². The van der Waals surface area contributed by atoms with Crippen molar-refractivity contribution < 1.29 is 9.59 Å². The Morgan fingerprint density at radius 2 is 2.05 bits per heavy atom. The molecule has 1 atom stereocenters. The Morgan fingerprint density at radius 3 is 2.60 bits per heavy atom. The van der Waals surface area contributed by atoms with Crippen molar-refractivity contribution in [2.24, 2.45) is 11.3 Å². The predicted molar refractivity (Wildman–Crippen MR) is 82.8 cm³/mol. The molecule has 1 unspecified atom stereocenters. The third kappa shape index (κ3) is 3.07. The lowest BCUT2D eigenvalue weighted by Gasteiger charge is -2.26. The number of benzene rings is 1. The van der Waals surface area contributed by atoms with Gasteiger partial charge in [0.05, 0.1) is 5.56 Å². The first kappa shape index (κ1) is 15.5. The van der Waals surface area contributed by atoms with Crippen LogP contribution >= 0.6 is 27.5 Å². The Morgan fingerprint density at radius 1 is 1.40 bits per heavy atom. The summed E-state index contributed by atoms with van der Waals surface area (Å²) < 4.78 is 0.652. The number of likely N-dealkylation sites (tertiary alicyclic amines) is 1. The maximum absolute atomic E-state index is 12.5. The lowest BCUT2D eigenvalue weighted by Crippen LogP contribution is -2.33. The number of carbonyl (C=O) groups excluding carboxylic acids is 2. The molecule has 1 saturated heterocycles. The Labute approximate surface area is 132 Å². The second kappa shape index (κ2) is 5.49. The van der Waals surface area contributed by atoms with Gasteiger partial charge in [-0.2, -0.15) is 0 Å². The molecule has 1 fully saturated rings. The summed E-state index contributed by atoms with van der Waals surface area (Å²) in [6.07, 6.45) is 0.424. The van der Waals surface area contributed by atoms with Crippen molar-refractivity contribution in [3.8, 4) is 0 Å². The van der Waals surface area contributed by atoms with Gasteiger partial charge in [-0.1, -0.05) is 32.4 Å². The molecule has 2 rings (SSSR count). The largest absolute Gasteiger partial charge is 0.278 e. The summed E-state index contributed by atoms with van der Waals surface area (Å²) in [6.45, 7) is 6.75. The summed E-state index contributed by atoms with van der Waals surface area (Å²) in [4.78, 5) is 26.0. The van der Waals surface area contributed by atoms with Gasteiger partial charge >= 0.3 is 0 Å². The van der Waals surface area contributed by atoms with Crippen LogP contribution in [-0.4, -0.2) is 23.3 Å². The van der Waals surface area contributed by atoms with Gasteiger partial charge in [0.2, 0.25) is 5.91 Å². The molecule has 0 bridgehead atoms. The van der Waals surface area contributed by atoms with Gasteiger partial charge in [-0.15, -0.1) is 0 Å². The molecule has 1 heterocycles. The Balaban J connectivity index is 2.26. The van der Waals surface area contributed by atoms with Gasteiger partial charge in [-0.3, -0.25) is 14.5 Å². The molecule has 0 aliphatic carbocycles. The number of hydrogen-bond acceptors (Lipinski definition) is 2. The van der Waals surface area contributed by atoms with Crippen LogP contribution in [0.3, 0.4) is 0 Å². The highest BCUT2D eigenvalue weighted by atomic mass is 79.9. The van der Waals surface area contributed by atoms with E-state index in [4.69, 9.17) is 11.6 Å². The van der Waals surface area contributed by atoms with E-state index in [1.165, 1.54) is 4.90 Å². The van der Waals surface area contributed by atoms with Gasteiger partial charge in [-0.25, -0.2) is 0 Å². The van der Waals surface area contributed by atoms with Gasteiger partial charge in [0.1, 0.15) is 0 Å². The molecule has 1 aromatic carbocycles. The number of hydrogen-bond donors (Lipinski definition) is 0. The number of carbonyl (C=O) groups is 2. The fourth-order valence-electron chi connectivity index (χ4n) is 2.29. The van der Waals surface area contributed by atoms with Crippen LogP contribution in [0, 0.1) is 11.3 Å². The topological polar surface area (TPSA) is 37.4 Å². The summed E-state index contributed by atoms with van der Waals surface area (Å²) in [6, 6.07) is 5.01. The zero-order chi connectivity index (χ0) is 15.1. The van der Waals surface area contributed by atoms with Crippen LogP contribution in [0.4, 0.5) is 0 Å². The van der Waals surface area contributed by atoms with Gasteiger partial charge in [0.25, 0.3) is 5.91 Å². The normalized spacial score (nSPS) is 19.6. The van der Waals surface area contributed by atoms with E-state index >= 15 is 0 Å². The first-order valence-corrected chi connectivity index (χ1v) is 7.67. The molecule has 0 saturated carbocycles. The fourth-order valence-corrected chi connectivity index (χ4v) is 2.88. The fraction of sp³-hybridized carbons (Fsp3) is 0.467. The SMILES string of the molecule is CC(C)(C)C1CC(=O)N(C(=O)c2cc(Cl)ccc2Br)C1. The van der Waals surface area contributed by atoms with Gasteiger partial charge in [-0.05, 0) is 45.5 Å². The van der Waals surface area contributed by atoms with Crippen LogP contribution < -0.4 is 0 Å². The molecule has 108 valence electrons. The van der Waals surface area contributed by atoms with Crippen molar-refractivity contribution in [1.82, 2.24) is 4.90 Å². The monoisotopic (exact) mass is 357 g/mol. The van der Waals surface area contributed by atoms with Crippen LogP contribution in [0.5, 0.6) is 0 Å². The van der Waals surface area contributed by atoms with E-state index < -0.39 is 0 Å². The summed E-state index contributed by atoms with van der Waals surface area (Å²) >= 11 is 9.26. The number of halogens is 2. The van der Waals surface area contributed by atoms with Gasteiger partial charge in [0, 0.05) is 22.5 Å². The first-order chi connectivity index (χ1) is 9.20. The van der Waals surface area contributed by atoms with Crippen LogP contribution in [0.1, 0.15) is 37.6 Å².